The Bertz CT molecular complexity index is 506. The van der Waals surface area contributed by atoms with E-state index < -0.39 is 17.5 Å². The van der Waals surface area contributed by atoms with Crippen molar-refractivity contribution < 1.29 is 24.5 Å². The van der Waals surface area contributed by atoms with Gasteiger partial charge in [-0.2, -0.15) is 0 Å². The van der Waals surface area contributed by atoms with Crippen LogP contribution in [-0.2, 0) is 14.3 Å². The summed E-state index contributed by atoms with van der Waals surface area (Å²) in [6.45, 7) is 7.14. The van der Waals surface area contributed by atoms with Crippen LogP contribution in [0.1, 0.15) is 13.8 Å². The third kappa shape index (κ3) is 3.84. The summed E-state index contributed by atoms with van der Waals surface area (Å²) >= 11 is 0. The van der Waals surface area contributed by atoms with E-state index in [1.807, 2.05) is 13.8 Å². The molecule has 0 aliphatic carbocycles. The van der Waals surface area contributed by atoms with Gasteiger partial charge in [0.15, 0.2) is 5.78 Å². The Morgan fingerprint density at radius 1 is 1.42 bits per heavy atom. The van der Waals surface area contributed by atoms with Crippen molar-refractivity contribution in [3.05, 3.63) is 47.5 Å². The zero-order valence-corrected chi connectivity index (χ0v) is 10.8. The molecule has 1 heterocycles. The predicted molar refractivity (Wildman–Crippen MR) is 69.5 cm³/mol. The fourth-order valence-electron chi connectivity index (χ4n) is 1.39. The van der Waals surface area contributed by atoms with Crippen LogP contribution in [0.3, 0.4) is 0 Å². The molecule has 0 fully saturated rings. The van der Waals surface area contributed by atoms with Crippen molar-refractivity contribution in [2.45, 2.75) is 13.8 Å². The van der Waals surface area contributed by atoms with Gasteiger partial charge in [-0.1, -0.05) is 20.4 Å². The third-order valence-electron chi connectivity index (χ3n) is 2.54. The van der Waals surface area contributed by atoms with Gasteiger partial charge in [0.25, 0.3) is 0 Å². The first-order valence-corrected chi connectivity index (χ1v) is 5.75. The molecule has 5 nitrogen and oxygen atoms in total. The highest BCUT2D eigenvalue weighted by atomic mass is 16.5. The van der Waals surface area contributed by atoms with Crippen molar-refractivity contribution in [2.24, 2.45) is 5.92 Å². The quantitative estimate of drug-likeness (QED) is 0.746. The van der Waals surface area contributed by atoms with Gasteiger partial charge in [0.1, 0.15) is 18.1 Å². The molecule has 19 heavy (non-hydrogen) atoms. The minimum atomic E-state index is -1.22. The molecule has 1 aliphatic heterocycles. The van der Waals surface area contributed by atoms with E-state index in [-0.39, 0.29) is 23.7 Å². The minimum absolute atomic E-state index is 0.00911. The van der Waals surface area contributed by atoms with E-state index >= 15 is 0 Å². The fourth-order valence-corrected chi connectivity index (χ4v) is 1.39. The van der Waals surface area contributed by atoms with E-state index in [9.17, 15) is 14.7 Å². The van der Waals surface area contributed by atoms with Crippen LogP contribution in [0.25, 0.3) is 0 Å². The molecule has 0 radical (unpaired) electrons. The van der Waals surface area contributed by atoms with Gasteiger partial charge in [-0.05, 0) is 12.2 Å². The first kappa shape index (κ1) is 14.8. The Balaban J connectivity index is 3.24. The van der Waals surface area contributed by atoms with Crippen LogP contribution >= 0.6 is 0 Å². The Kier molecular flexibility index (Phi) is 4.69. The van der Waals surface area contributed by atoms with Crippen molar-refractivity contribution in [2.75, 3.05) is 6.61 Å². The molecule has 0 saturated carbocycles. The van der Waals surface area contributed by atoms with Gasteiger partial charge < -0.3 is 14.9 Å². The molecule has 1 rings (SSSR count). The lowest BCUT2D eigenvalue weighted by atomic mass is 10.0. The molecular weight excluding hydrogens is 248 g/mol. The molecule has 2 N–H and O–H groups in total. The highest BCUT2D eigenvalue weighted by Crippen LogP contribution is 2.17. The summed E-state index contributed by atoms with van der Waals surface area (Å²) in [6, 6.07) is 0. The highest BCUT2D eigenvalue weighted by Gasteiger charge is 2.16. The normalized spacial score (nSPS) is 22.8. The topological polar surface area (TPSA) is 83.8 Å². The van der Waals surface area contributed by atoms with Gasteiger partial charge in [-0.25, -0.2) is 4.79 Å². The second-order valence-corrected chi connectivity index (χ2v) is 4.35. The molecule has 102 valence electrons. The van der Waals surface area contributed by atoms with Gasteiger partial charge in [-0.3, -0.25) is 4.79 Å². The molecule has 0 saturated heterocycles. The number of carbonyl (C=O) groups is 2. The summed E-state index contributed by atoms with van der Waals surface area (Å²) < 4.78 is 5.36. The highest BCUT2D eigenvalue weighted by molar-refractivity contribution is 6.07. The van der Waals surface area contributed by atoms with Gasteiger partial charge in [-0.15, -0.1) is 0 Å². The fraction of sp³-hybridized carbons (Fsp3) is 0.286. The van der Waals surface area contributed by atoms with Crippen molar-refractivity contribution in [1.29, 1.82) is 0 Å². The number of aliphatic hydroxyl groups excluding tert-OH is 1. The number of carbonyl (C=O) groups excluding carboxylic acids is 1. The second kappa shape index (κ2) is 6.04. The predicted octanol–water partition coefficient (Wildman–Crippen LogP) is 2.13. The van der Waals surface area contributed by atoms with Crippen LogP contribution < -0.4 is 0 Å². The molecule has 0 spiro atoms. The van der Waals surface area contributed by atoms with E-state index in [0.29, 0.717) is 5.76 Å². The van der Waals surface area contributed by atoms with E-state index in [2.05, 4.69) is 6.58 Å². The monoisotopic (exact) mass is 264 g/mol. The maximum absolute atomic E-state index is 11.8. The zero-order chi connectivity index (χ0) is 14.6. The first-order valence-electron chi connectivity index (χ1n) is 5.75. The molecule has 5 heteroatoms. The summed E-state index contributed by atoms with van der Waals surface area (Å²) in [6.07, 6.45) is 3.56. The number of carboxylic acids is 1. The number of rotatable bonds is 2. The molecule has 0 atom stereocenters. The van der Waals surface area contributed by atoms with Crippen molar-refractivity contribution in [3.63, 3.8) is 0 Å². The van der Waals surface area contributed by atoms with Crippen LogP contribution in [0.4, 0.5) is 0 Å². The summed E-state index contributed by atoms with van der Waals surface area (Å²) in [7, 11) is 0. The molecular formula is C14H16O5. The Morgan fingerprint density at radius 2 is 2.05 bits per heavy atom. The number of aliphatic carboxylic acids is 1. The number of hydrogen-bond acceptors (Lipinski definition) is 4. The molecule has 0 aromatic heterocycles. The number of allylic oxidation sites excluding steroid dienone is 3. The lowest BCUT2D eigenvalue weighted by Gasteiger charge is -2.14. The van der Waals surface area contributed by atoms with E-state index in [1.165, 1.54) is 12.2 Å². The van der Waals surface area contributed by atoms with Crippen LogP contribution in [0.2, 0.25) is 0 Å². The Morgan fingerprint density at radius 3 is 2.58 bits per heavy atom. The summed E-state index contributed by atoms with van der Waals surface area (Å²) in [5.41, 5.74) is -0.327. The van der Waals surface area contributed by atoms with E-state index in [0.717, 1.165) is 6.08 Å². The molecule has 0 bridgehead atoms. The summed E-state index contributed by atoms with van der Waals surface area (Å²) in [4.78, 5) is 22.8. The van der Waals surface area contributed by atoms with Gasteiger partial charge in [0.05, 0.1) is 11.1 Å². The van der Waals surface area contributed by atoms with Crippen molar-refractivity contribution in [1.82, 2.24) is 0 Å². The largest absolute Gasteiger partial charge is 0.507 e. The third-order valence-corrected chi connectivity index (χ3v) is 2.54. The van der Waals surface area contributed by atoms with Gasteiger partial charge in [0.2, 0.25) is 0 Å². The number of ketones is 1. The van der Waals surface area contributed by atoms with Crippen LogP contribution in [-0.4, -0.2) is 28.6 Å². The Hall–Kier alpha value is -2.30. The Labute approximate surface area is 111 Å². The van der Waals surface area contributed by atoms with Gasteiger partial charge in [0, 0.05) is 12.0 Å². The lowest BCUT2D eigenvalue weighted by Crippen LogP contribution is -2.10. The van der Waals surface area contributed by atoms with Crippen molar-refractivity contribution in [3.8, 4) is 0 Å². The van der Waals surface area contributed by atoms with E-state index in [1.54, 1.807) is 0 Å². The molecule has 0 aromatic carbocycles. The minimum Gasteiger partial charge on any atom is -0.507 e. The average Bonchev–Trinajstić information content (AvgIpc) is 2.33. The van der Waals surface area contributed by atoms with Gasteiger partial charge >= 0.3 is 5.97 Å². The van der Waals surface area contributed by atoms with E-state index in [4.69, 9.17) is 9.84 Å². The smallest absolute Gasteiger partial charge is 0.335 e. The zero-order valence-electron chi connectivity index (χ0n) is 10.8. The van der Waals surface area contributed by atoms with Crippen LogP contribution in [0.5, 0.6) is 0 Å². The molecule has 0 amide bonds. The van der Waals surface area contributed by atoms with Crippen LogP contribution in [0.15, 0.2) is 47.5 Å². The van der Waals surface area contributed by atoms with Crippen molar-refractivity contribution >= 4 is 11.8 Å². The lowest BCUT2D eigenvalue weighted by molar-refractivity contribution is -0.132. The second-order valence-electron chi connectivity index (χ2n) is 4.35. The number of aliphatic hydroxyl groups is 1. The van der Waals surface area contributed by atoms with Crippen LogP contribution in [0, 0.1) is 5.92 Å². The SMILES string of the molecule is C=C1C(=O)/C=C(/C(C)C)OC/C=C(/C(=O)O)C=C1O. The average molecular weight is 264 g/mol. The molecule has 0 aromatic rings. The number of carboxylic acid groups (broad SMARTS) is 1. The molecule has 1 aliphatic rings. The summed E-state index contributed by atoms with van der Waals surface area (Å²) in [5, 5.41) is 18.6. The maximum Gasteiger partial charge on any atom is 0.335 e. The number of hydrogen-bond donors (Lipinski definition) is 2. The first-order chi connectivity index (χ1) is 8.82. The standard InChI is InChI=1S/C14H16O5/c1-8(2)13-7-12(16)9(3)11(15)6-10(14(17)18)4-5-19-13/h4,6-8,15H,3,5H2,1-2H3,(H,17,18)/b10-4+,11-6?,13-7-. The number of ether oxygens (including phenoxy) is 1. The maximum atomic E-state index is 11.8. The molecule has 0 unspecified atom stereocenters. The summed E-state index contributed by atoms with van der Waals surface area (Å²) in [5.74, 6) is -1.80.